The van der Waals surface area contributed by atoms with Gasteiger partial charge in [0.25, 0.3) is 5.91 Å². The average molecular weight is 323 g/mol. The van der Waals surface area contributed by atoms with Crippen LogP contribution in [0, 0.1) is 0 Å². The Kier molecular flexibility index (Phi) is 4.97. The molecule has 0 N–H and O–H groups in total. The third kappa shape index (κ3) is 3.33. The highest BCUT2D eigenvalue weighted by Gasteiger charge is 2.42. The molecule has 9 nitrogen and oxygen atoms in total. The Morgan fingerprint density at radius 3 is 2.35 bits per heavy atom. The lowest BCUT2D eigenvalue weighted by Crippen LogP contribution is -2.39. The molecule has 1 saturated heterocycles. The van der Waals surface area contributed by atoms with Gasteiger partial charge < -0.3 is 14.2 Å². The number of aryl methyl sites for hydroxylation is 1. The molecule has 0 aromatic carbocycles. The van der Waals surface area contributed by atoms with E-state index in [-0.39, 0.29) is 24.8 Å². The zero-order valence-electron chi connectivity index (χ0n) is 13.8. The maximum Gasteiger partial charge on any atom is 0.326 e. The molecule has 23 heavy (non-hydrogen) atoms. The number of urea groups is 1. The Balaban J connectivity index is 2.02. The number of rotatable bonds is 6. The zero-order chi connectivity index (χ0) is 17.1. The number of imide groups is 1. The molecule has 1 aromatic heterocycles. The van der Waals surface area contributed by atoms with Gasteiger partial charge in [0.2, 0.25) is 17.7 Å². The van der Waals surface area contributed by atoms with Crippen molar-refractivity contribution in [2.75, 3.05) is 20.6 Å². The molecular formula is C14H21N5O4. The van der Waals surface area contributed by atoms with Gasteiger partial charge in [-0.15, -0.1) is 10.2 Å². The fourth-order valence-electron chi connectivity index (χ4n) is 2.41. The minimum Gasteiger partial charge on any atom is -0.423 e. The van der Waals surface area contributed by atoms with E-state index in [1.54, 1.807) is 0 Å². The molecule has 0 aliphatic carbocycles. The third-order valence-electron chi connectivity index (χ3n) is 3.91. The highest BCUT2D eigenvalue weighted by atomic mass is 16.4. The number of aromatic nitrogens is 2. The second-order valence-corrected chi connectivity index (χ2v) is 5.36. The Morgan fingerprint density at radius 1 is 1.22 bits per heavy atom. The summed E-state index contributed by atoms with van der Waals surface area (Å²) in [5.74, 6) is 0.266. The number of amides is 4. The fourth-order valence-corrected chi connectivity index (χ4v) is 2.41. The van der Waals surface area contributed by atoms with Crippen molar-refractivity contribution >= 4 is 17.8 Å². The Morgan fingerprint density at radius 2 is 1.87 bits per heavy atom. The lowest BCUT2D eigenvalue weighted by Gasteiger charge is -2.22. The van der Waals surface area contributed by atoms with Crippen molar-refractivity contribution in [3.05, 3.63) is 11.8 Å². The first-order chi connectivity index (χ1) is 10.9. The summed E-state index contributed by atoms with van der Waals surface area (Å²) in [6.07, 6.45) is 0.566. The van der Waals surface area contributed by atoms with Gasteiger partial charge >= 0.3 is 6.03 Å². The number of likely N-dealkylation sites (N-methyl/N-ethyl adjacent to an activating group) is 2. The van der Waals surface area contributed by atoms with Gasteiger partial charge in [-0.1, -0.05) is 6.92 Å². The van der Waals surface area contributed by atoms with E-state index in [2.05, 4.69) is 10.2 Å². The molecule has 1 aliphatic heterocycles. The number of hydrogen-bond donors (Lipinski definition) is 0. The topological polar surface area (TPSA) is 99.8 Å². The van der Waals surface area contributed by atoms with Crippen LogP contribution in [0.25, 0.3) is 0 Å². The van der Waals surface area contributed by atoms with Crippen LogP contribution in [0.3, 0.4) is 0 Å². The van der Waals surface area contributed by atoms with Crippen molar-refractivity contribution < 1.29 is 18.8 Å². The molecule has 2 rings (SSSR count). The van der Waals surface area contributed by atoms with Gasteiger partial charge in [-0.25, -0.2) is 4.79 Å². The van der Waals surface area contributed by atoms with Gasteiger partial charge in [0, 0.05) is 27.1 Å². The number of hydrogen-bond acceptors (Lipinski definition) is 6. The van der Waals surface area contributed by atoms with Crippen LogP contribution in [-0.4, -0.2) is 69.4 Å². The predicted molar refractivity (Wildman–Crippen MR) is 79.1 cm³/mol. The SMILES string of the molecule is CCc1nnc(CN(CC)C(=O)C[C@@H]2C(=O)N(C)C(=O)N2C)o1. The van der Waals surface area contributed by atoms with Crippen LogP contribution in [0.15, 0.2) is 4.42 Å². The van der Waals surface area contributed by atoms with Gasteiger partial charge in [-0.05, 0) is 6.92 Å². The van der Waals surface area contributed by atoms with Gasteiger partial charge in [0.15, 0.2) is 0 Å². The summed E-state index contributed by atoms with van der Waals surface area (Å²) in [4.78, 5) is 40.1. The summed E-state index contributed by atoms with van der Waals surface area (Å²) < 4.78 is 5.41. The Hall–Kier alpha value is -2.45. The normalized spacial score (nSPS) is 18.0. The van der Waals surface area contributed by atoms with Crippen molar-refractivity contribution in [1.82, 2.24) is 24.9 Å². The minimum atomic E-state index is -0.761. The van der Waals surface area contributed by atoms with Crippen molar-refractivity contribution in [2.24, 2.45) is 0 Å². The predicted octanol–water partition coefficient (Wildman–Crippen LogP) is 0.263. The van der Waals surface area contributed by atoms with Crippen molar-refractivity contribution in [1.29, 1.82) is 0 Å². The first-order valence-electron chi connectivity index (χ1n) is 7.52. The van der Waals surface area contributed by atoms with Crippen molar-refractivity contribution in [3.63, 3.8) is 0 Å². The number of carbonyl (C=O) groups excluding carboxylic acids is 3. The lowest BCUT2D eigenvalue weighted by atomic mass is 10.1. The molecule has 0 unspecified atom stereocenters. The molecule has 0 radical (unpaired) electrons. The molecule has 1 aromatic rings. The smallest absolute Gasteiger partial charge is 0.326 e. The quantitative estimate of drug-likeness (QED) is 0.696. The van der Waals surface area contributed by atoms with Gasteiger partial charge in [0.05, 0.1) is 13.0 Å². The van der Waals surface area contributed by atoms with Crippen LogP contribution in [0.2, 0.25) is 0 Å². The Bertz CT molecular complexity index is 614. The van der Waals surface area contributed by atoms with E-state index >= 15 is 0 Å². The lowest BCUT2D eigenvalue weighted by molar-refractivity contribution is -0.136. The van der Waals surface area contributed by atoms with Crippen LogP contribution in [0.5, 0.6) is 0 Å². The summed E-state index contributed by atoms with van der Waals surface area (Å²) in [5, 5.41) is 7.75. The summed E-state index contributed by atoms with van der Waals surface area (Å²) >= 11 is 0. The van der Waals surface area contributed by atoms with Crippen LogP contribution >= 0.6 is 0 Å². The maximum absolute atomic E-state index is 12.4. The van der Waals surface area contributed by atoms with E-state index < -0.39 is 12.1 Å². The van der Waals surface area contributed by atoms with E-state index in [0.717, 1.165) is 4.90 Å². The highest BCUT2D eigenvalue weighted by Crippen LogP contribution is 2.18. The summed E-state index contributed by atoms with van der Waals surface area (Å²) in [6, 6.07) is -1.16. The van der Waals surface area contributed by atoms with Crippen LogP contribution in [-0.2, 0) is 22.6 Å². The van der Waals surface area contributed by atoms with E-state index in [4.69, 9.17) is 4.42 Å². The second-order valence-electron chi connectivity index (χ2n) is 5.36. The molecule has 1 aliphatic rings. The zero-order valence-corrected chi connectivity index (χ0v) is 13.8. The van der Waals surface area contributed by atoms with Crippen molar-refractivity contribution in [3.8, 4) is 0 Å². The molecule has 1 fully saturated rings. The first-order valence-corrected chi connectivity index (χ1v) is 7.52. The molecular weight excluding hydrogens is 302 g/mol. The van der Waals surface area contributed by atoms with E-state index in [0.29, 0.717) is 24.7 Å². The largest absolute Gasteiger partial charge is 0.423 e. The minimum absolute atomic E-state index is 0.0615. The number of nitrogens with zero attached hydrogens (tertiary/aromatic N) is 5. The van der Waals surface area contributed by atoms with E-state index in [1.165, 1.54) is 23.9 Å². The van der Waals surface area contributed by atoms with Crippen LogP contribution < -0.4 is 0 Å². The molecule has 9 heteroatoms. The molecule has 126 valence electrons. The molecule has 0 bridgehead atoms. The number of carbonyl (C=O) groups is 3. The summed E-state index contributed by atoms with van der Waals surface area (Å²) in [5.41, 5.74) is 0. The first kappa shape index (κ1) is 16.9. The molecule has 0 spiro atoms. The van der Waals surface area contributed by atoms with Gasteiger partial charge in [-0.3, -0.25) is 14.5 Å². The molecule has 0 saturated carbocycles. The molecule has 4 amide bonds. The molecule has 1 atom stereocenters. The van der Waals surface area contributed by atoms with Crippen LogP contribution in [0.1, 0.15) is 32.0 Å². The fraction of sp³-hybridized carbons (Fsp3) is 0.643. The maximum atomic E-state index is 12.4. The third-order valence-corrected chi connectivity index (χ3v) is 3.91. The van der Waals surface area contributed by atoms with Crippen molar-refractivity contribution in [2.45, 2.75) is 39.3 Å². The summed E-state index contributed by atoms with van der Waals surface area (Å²) in [7, 11) is 2.93. The monoisotopic (exact) mass is 323 g/mol. The molecule has 2 heterocycles. The highest BCUT2D eigenvalue weighted by molar-refractivity contribution is 6.05. The van der Waals surface area contributed by atoms with E-state index in [9.17, 15) is 14.4 Å². The van der Waals surface area contributed by atoms with Crippen LogP contribution in [0.4, 0.5) is 4.79 Å². The standard InChI is InChI=1S/C14H21N5O4/c1-5-10-15-16-11(23-10)8-19(6-2)12(20)7-9-13(21)18(4)14(22)17(9)3/h9H,5-8H2,1-4H3/t9-/m1/s1. The second kappa shape index (κ2) is 6.76. The van der Waals surface area contributed by atoms with Gasteiger partial charge in [-0.2, -0.15) is 0 Å². The Labute approximate surface area is 134 Å². The average Bonchev–Trinajstić information content (AvgIpc) is 3.08. The van der Waals surface area contributed by atoms with Gasteiger partial charge in [0.1, 0.15) is 6.04 Å². The summed E-state index contributed by atoms with van der Waals surface area (Å²) in [6.45, 7) is 4.36. The van der Waals surface area contributed by atoms with E-state index in [1.807, 2.05) is 13.8 Å².